The Balaban J connectivity index is 2.47. The van der Waals surface area contributed by atoms with Crippen LogP contribution in [0.5, 0.6) is 5.75 Å². The molecule has 0 atom stereocenters. The zero-order valence-electron chi connectivity index (χ0n) is 12.6. The third-order valence-corrected chi connectivity index (χ3v) is 4.26. The van der Waals surface area contributed by atoms with E-state index in [2.05, 4.69) is 26.8 Å². The van der Waals surface area contributed by atoms with E-state index in [1.54, 1.807) is 18.4 Å². The van der Waals surface area contributed by atoms with Crippen LogP contribution in [0.15, 0.2) is 24.3 Å². The summed E-state index contributed by atoms with van der Waals surface area (Å²) in [7, 11) is 1.68. The number of hydrogen-bond donors (Lipinski definition) is 1. The molecule has 0 saturated heterocycles. The molecule has 0 aliphatic rings. The molecule has 0 amide bonds. The largest absolute Gasteiger partial charge is 0.497 e. The van der Waals surface area contributed by atoms with Gasteiger partial charge in [-0.25, -0.2) is 4.98 Å². The van der Waals surface area contributed by atoms with Gasteiger partial charge in [-0.15, -0.1) is 11.3 Å². The van der Waals surface area contributed by atoms with E-state index in [0.29, 0.717) is 6.54 Å². The fourth-order valence-corrected chi connectivity index (χ4v) is 3.40. The second-order valence-corrected chi connectivity index (χ2v) is 6.90. The molecule has 0 aliphatic heterocycles. The van der Waals surface area contributed by atoms with E-state index < -0.39 is 0 Å². The molecule has 3 nitrogen and oxygen atoms in total. The number of thiazole rings is 1. The highest BCUT2D eigenvalue weighted by molar-refractivity contribution is 7.15. The summed E-state index contributed by atoms with van der Waals surface area (Å²) in [5, 5.41) is 1.04. The van der Waals surface area contributed by atoms with Gasteiger partial charge in [-0.05, 0) is 25.1 Å². The van der Waals surface area contributed by atoms with Gasteiger partial charge in [0.15, 0.2) is 0 Å². The van der Waals surface area contributed by atoms with E-state index in [-0.39, 0.29) is 5.41 Å². The lowest BCUT2D eigenvalue weighted by atomic mass is 9.91. The lowest BCUT2D eigenvalue weighted by Crippen LogP contribution is -2.15. The van der Waals surface area contributed by atoms with Crippen molar-refractivity contribution in [2.45, 2.75) is 32.6 Å². The number of ether oxygens (including phenoxy) is 1. The minimum absolute atomic E-state index is 0.0398. The number of benzene rings is 1. The SMILES string of the molecule is COc1cccc(-c2nc(C(C)(C)C)c(CCN)s2)c1. The Bertz CT molecular complexity index is 584. The average molecular weight is 290 g/mol. The van der Waals surface area contributed by atoms with Crippen LogP contribution >= 0.6 is 11.3 Å². The van der Waals surface area contributed by atoms with Crippen LogP contribution in [-0.4, -0.2) is 18.6 Å². The molecule has 4 heteroatoms. The minimum atomic E-state index is 0.0398. The molecule has 2 N–H and O–H groups in total. The molecule has 1 aromatic carbocycles. The first kappa shape index (κ1) is 15.0. The zero-order valence-corrected chi connectivity index (χ0v) is 13.4. The van der Waals surface area contributed by atoms with E-state index in [4.69, 9.17) is 15.5 Å². The standard InChI is InChI=1S/C16H22N2OS/c1-16(2,3)14-13(8-9-17)20-15(18-14)11-6-5-7-12(10-11)19-4/h5-7,10H,8-9,17H2,1-4H3. The molecule has 2 aromatic rings. The van der Waals surface area contributed by atoms with Crippen molar-refractivity contribution < 1.29 is 4.74 Å². The molecule has 0 spiro atoms. The first-order valence-electron chi connectivity index (χ1n) is 6.80. The fourth-order valence-electron chi connectivity index (χ4n) is 2.12. The van der Waals surface area contributed by atoms with Crippen molar-refractivity contribution in [3.63, 3.8) is 0 Å². The van der Waals surface area contributed by atoms with Gasteiger partial charge in [-0.1, -0.05) is 32.9 Å². The highest BCUT2D eigenvalue weighted by atomic mass is 32.1. The van der Waals surface area contributed by atoms with Gasteiger partial charge in [-0.2, -0.15) is 0 Å². The molecule has 0 unspecified atom stereocenters. The number of rotatable bonds is 4. The summed E-state index contributed by atoms with van der Waals surface area (Å²) < 4.78 is 5.29. The number of hydrogen-bond acceptors (Lipinski definition) is 4. The molecule has 2 rings (SSSR count). The Kier molecular flexibility index (Phi) is 4.45. The predicted octanol–water partition coefficient (Wildman–Crippen LogP) is 3.62. The first-order chi connectivity index (χ1) is 9.45. The molecular formula is C16H22N2OS. The third-order valence-electron chi connectivity index (χ3n) is 3.10. The normalized spacial score (nSPS) is 11.7. The van der Waals surface area contributed by atoms with Gasteiger partial charge < -0.3 is 10.5 Å². The van der Waals surface area contributed by atoms with Gasteiger partial charge in [0, 0.05) is 15.9 Å². The van der Waals surface area contributed by atoms with Crippen LogP contribution in [0.3, 0.4) is 0 Å². The van der Waals surface area contributed by atoms with Crippen LogP contribution in [-0.2, 0) is 11.8 Å². The third kappa shape index (κ3) is 3.19. The van der Waals surface area contributed by atoms with E-state index in [1.165, 1.54) is 4.88 Å². The van der Waals surface area contributed by atoms with Crippen molar-refractivity contribution in [3.8, 4) is 16.3 Å². The molecule has 20 heavy (non-hydrogen) atoms. The molecule has 0 aliphatic carbocycles. The smallest absolute Gasteiger partial charge is 0.124 e. The number of nitrogens with two attached hydrogens (primary N) is 1. The summed E-state index contributed by atoms with van der Waals surface area (Å²) in [5.41, 5.74) is 8.02. The van der Waals surface area contributed by atoms with Gasteiger partial charge in [0.05, 0.1) is 12.8 Å². The Morgan fingerprint density at radius 1 is 1.30 bits per heavy atom. The van der Waals surface area contributed by atoms with Gasteiger partial charge in [-0.3, -0.25) is 0 Å². The van der Waals surface area contributed by atoms with Crippen LogP contribution in [0.4, 0.5) is 0 Å². The molecule has 0 bridgehead atoms. The van der Waals surface area contributed by atoms with E-state index in [0.717, 1.165) is 28.4 Å². The summed E-state index contributed by atoms with van der Waals surface area (Å²) in [6.45, 7) is 7.23. The Morgan fingerprint density at radius 3 is 2.65 bits per heavy atom. The van der Waals surface area contributed by atoms with Gasteiger partial charge >= 0.3 is 0 Å². The van der Waals surface area contributed by atoms with Crippen LogP contribution in [0, 0.1) is 0 Å². The van der Waals surface area contributed by atoms with Gasteiger partial charge in [0.1, 0.15) is 10.8 Å². The molecule has 1 heterocycles. The highest BCUT2D eigenvalue weighted by Gasteiger charge is 2.23. The predicted molar refractivity (Wildman–Crippen MR) is 85.6 cm³/mol. The van der Waals surface area contributed by atoms with Crippen LogP contribution in [0.25, 0.3) is 10.6 Å². The van der Waals surface area contributed by atoms with Crippen LogP contribution < -0.4 is 10.5 Å². The summed E-state index contributed by atoms with van der Waals surface area (Å²) >= 11 is 1.74. The number of aromatic nitrogens is 1. The summed E-state index contributed by atoms with van der Waals surface area (Å²) in [4.78, 5) is 6.14. The minimum Gasteiger partial charge on any atom is -0.497 e. The van der Waals surface area contributed by atoms with Crippen molar-refractivity contribution in [1.82, 2.24) is 4.98 Å². The molecule has 0 radical (unpaired) electrons. The van der Waals surface area contributed by atoms with Crippen molar-refractivity contribution in [2.75, 3.05) is 13.7 Å². The second-order valence-electron chi connectivity index (χ2n) is 5.81. The van der Waals surface area contributed by atoms with Crippen LogP contribution in [0.1, 0.15) is 31.3 Å². The van der Waals surface area contributed by atoms with Crippen LogP contribution in [0.2, 0.25) is 0 Å². The first-order valence-corrected chi connectivity index (χ1v) is 7.62. The lowest BCUT2D eigenvalue weighted by molar-refractivity contribution is 0.415. The maximum absolute atomic E-state index is 5.73. The van der Waals surface area contributed by atoms with Crippen molar-refractivity contribution >= 4 is 11.3 Å². The zero-order chi connectivity index (χ0) is 14.8. The number of methoxy groups -OCH3 is 1. The monoisotopic (exact) mass is 290 g/mol. The van der Waals surface area contributed by atoms with Crippen molar-refractivity contribution in [2.24, 2.45) is 5.73 Å². The average Bonchev–Trinajstić information content (AvgIpc) is 2.83. The maximum atomic E-state index is 5.73. The van der Waals surface area contributed by atoms with E-state index in [1.807, 2.05) is 18.2 Å². The molecule has 1 aromatic heterocycles. The second kappa shape index (κ2) is 5.94. The Morgan fingerprint density at radius 2 is 2.05 bits per heavy atom. The summed E-state index contributed by atoms with van der Waals surface area (Å²) in [6, 6.07) is 8.04. The quantitative estimate of drug-likeness (QED) is 0.935. The number of nitrogens with zero attached hydrogens (tertiary/aromatic N) is 1. The molecule has 0 fully saturated rings. The summed E-state index contributed by atoms with van der Waals surface area (Å²) in [6.07, 6.45) is 0.883. The van der Waals surface area contributed by atoms with E-state index in [9.17, 15) is 0 Å². The van der Waals surface area contributed by atoms with Crippen molar-refractivity contribution in [3.05, 3.63) is 34.8 Å². The Hall–Kier alpha value is -1.39. The maximum Gasteiger partial charge on any atom is 0.124 e. The molecular weight excluding hydrogens is 268 g/mol. The lowest BCUT2D eigenvalue weighted by Gasteiger charge is -2.17. The van der Waals surface area contributed by atoms with Gasteiger partial charge in [0.25, 0.3) is 0 Å². The molecule has 108 valence electrons. The fraction of sp³-hybridized carbons (Fsp3) is 0.438. The summed E-state index contributed by atoms with van der Waals surface area (Å²) in [5.74, 6) is 0.857. The highest BCUT2D eigenvalue weighted by Crippen LogP contribution is 2.35. The van der Waals surface area contributed by atoms with Gasteiger partial charge in [0.2, 0.25) is 0 Å². The topological polar surface area (TPSA) is 48.1 Å². The van der Waals surface area contributed by atoms with E-state index >= 15 is 0 Å². The Labute approximate surface area is 124 Å². The molecule has 0 saturated carbocycles. The van der Waals surface area contributed by atoms with Crippen molar-refractivity contribution in [1.29, 1.82) is 0 Å².